The van der Waals surface area contributed by atoms with E-state index >= 15 is 0 Å². The van der Waals surface area contributed by atoms with Gasteiger partial charge >= 0.3 is 0 Å². The van der Waals surface area contributed by atoms with Crippen molar-refractivity contribution in [2.45, 2.75) is 39.7 Å². The summed E-state index contributed by atoms with van der Waals surface area (Å²) in [5, 5.41) is 3.62. The highest BCUT2D eigenvalue weighted by molar-refractivity contribution is 5.43. The van der Waals surface area contributed by atoms with Crippen molar-refractivity contribution < 1.29 is 9.47 Å². The van der Waals surface area contributed by atoms with Crippen LogP contribution in [0.25, 0.3) is 0 Å². The van der Waals surface area contributed by atoms with Crippen LogP contribution in [0.5, 0.6) is 11.5 Å². The Morgan fingerprint density at radius 2 is 2.16 bits per heavy atom. The largest absolute Gasteiger partial charge is 0.494 e. The molecule has 1 aromatic carbocycles. The van der Waals surface area contributed by atoms with Gasteiger partial charge in [-0.2, -0.15) is 0 Å². The summed E-state index contributed by atoms with van der Waals surface area (Å²) in [5.41, 5.74) is 1.24. The molecule has 106 valence electrons. The van der Waals surface area contributed by atoms with Crippen molar-refractivity contribution >= 4 is 0 Å². The van der Waals surface area contributed by atoms with Gasteiger partial charge in [0.25, 0.3) is 0 Å². The molecule has 0 aromatic heterocycles. The first-order valence-corrected chi connectivity index (χ1v) is 7.39. The summed E-state index contributed by atoms with van der Waals surface area (Å²) in [6, 6.07) is 6.54. The molecule has 1 aliphatic heterocycles. The Hall–Kier alpha value is -1.22. The highest BCUT2D eigenvalue weighted by Crippen LogP contribution is 2.37. The van der Waals surface area contributed by atoms with Gasteiger partial charge in [0.05, 0.1) is 13.2 Å². The van der Waals surface area contributed by atoms with E-state index in [1.807, 2.05) is 12.1 Å². The normalized spacial score (nSPS) is 21.6. The fourth-order valence-corrected chi connectivity index (χ4v) is 2.45. The Labute approximate surface area is 116 Å². The van der Waals surface area contributed by atoms with Gasteiger partial charge < -0.3 is 14.8 Å². The maximum absolute atomic E-state index is 5.81. The number of fused-ring (bicyclic) bond motifs is 1. The van der Waals surface area contributed by atoms with Gasteiger partial charge in [-0.1, -0.05) is 20.8 Å². The first-order valence-electron chi connectivity index (χ1n) is 7.39. The Morgan fingerprint density at radius 3 is 2.89 bits per heavy atom. The molecule has 3 heteroatoms. The highest BCUT2D eigenvalue weighted by Gasteiger charge is 2.27. The zero-order valence-corrected chi connectivity index (χ0v) is 12.2. The van der Waals surface area contributed by atoms with Crippen LogP contribution < -0.4 is 14.8 Å². The maximum Gasteiger partial charge on any atom is 0.124 e. The molecule has 2 atom stereocenters. The predicted octanol–water partition coefficient (Wildman–Crippen LogP) is 3.54. The number of ether oxygens (including phenoxy) is 2. The van der Waals surface area contributed by atoms with Crippen LogP contribution in [0.15, 0.2) is 18.2 Å². The van der Waals surface area contributed by atoms with E-state index in [1.165, 1.54) is 5.56 Å². The van der Waals surface area contributed by atoms with Gasteiger partial charge in [-0.05, 0) is 37.6 Å². The Balaban J connectivity index is 2.19. The lowest BCUT2D eigenvalue weighted by Crippen LogP contribution is -2.34. The summed E-state index contributed by atoms with van der Waals surface area (Å²) in [4.78, 5) is 0. The summed E-state index contributed by atoms with van der Waals surface area (Å²) in [6.07, 6.45) is 2.17. The summed E-state index contributed by atoms with van der Waals surface area (Å²) in [7, 11) is 0. The maximum atomic E-state index is 5.81. The summed E-state index contributed by atoms with van der Waals surface area (Å²) in [6.45, 7) is 9.13. The quantitative estimate of drug-likeness (QED) is 0.851. The first-order chi connectivity index (χ1) is 9.26. The van der Waals surface area contributed by atoms with Gasteiger partial charge in [-0.25, -0.2) is 0 Å². The van der Waals surface area contributed by atoms with E-state index < -0.39 is 0 Å². The van der Waals surface area contributed by atoms with E-state index in [2.05, 4.69) is 32.2 Å². The van der Waals surface area contributed by atoms with E-state index in [0.717, 1.165) is 44.1 Å². The predicted molar refractivity (Wildman–Crippen MR) is 77.9 cm³/mol. The molecular formula is C16H25NO2. The van der Waals surface area contributed by atoms with E-state index in [-0.39, 0.29) is 0 Å². The molecule has 19 heavy (non-hydrogen) atoms. The molecule has 3 nitrogen and oxygen atoms in total. The van der Waals surface area contributed by atoms with Crippen LogP contribution in [0.1, 0.15) is 45.2 Å². The highest BCUT2D eigenvalue weighted by atomic mass is 16.5. The van der Waals surface area contributed by atoms with Crippen molar-refractivity contribution in [2.24, 2.45) is 5.92 Å². The van der Waals surface area contributed by atoms with Crippen LogP contribution in [0.3, 0.4) is 0 Å². The second kappa shape index (κ2) is 6.80. The van der Waals surface area contributed by atoms with Crippen molar-refractivity contribution in [1.29, 1.82) is 0 Å². The molecule has 0 saturated carbocycles. The molecule has 2 rings (SSSR count). The van der Waals surface area contributed by atoms with Crippen molar-refractivity contribution in [2.75, 3.05) is 19.8 Å². The molecule has 1 heterocycles. The average Bonchev–Trinajstić information content (AvgIpc) is 2.44. The average molecular weight is 263 g/mol. The van der Waals surface area contributed by atoms with Gasteiger partial charge in [0.2, 0.25) is 0 Å². The summed E-state index contributed by atoms with van der Waals surface area (Å²) in [5.74, 6) is 2.43. The monoisotopic (exact) mass is 263 g/mol. The third-order valence-electron chi connectivity index (χ3n) is 3.47. The standard InChI is InChI=1S/C16H25NO2/c1-4-8-17-16-12(3)11-19-15-7-6-13(10-14(15)16)18-9-5-2/h6-7,10,12,16-17H,4-5,8-9,11H2,1-3H3. The number of benzene rings is 1. The number of hydrogen-bond acceptors (Lipinski definition) is 3. The lowest BCUT2D eigenvalue weighted by atomic mass is 9.91. The number of hydrogen-bond donors (Lipinski definition) is 1. The van der Waals surface area contributed by atoms with Crippen molar-refractivity contribution in [3.05, 3.63) is 23.8 Å². The van der Waals surface area contributed by atoms with Crippen LogP contribution in [0, 0.1) is 5.92 Å². The third kappa shape index (κ3) is 3.41. The van der Waals surface area contributed by atoms with Crippen LogP contribution in [-0.2, 0) is 0 Å². The van der Waals surface area contributed by atoms with E-state index in [9.17, 15) is 0 Å². The van der Waals surface area contributed by atoms with Crippen LogP contribution >= 0.6 is 0 Å². The second-order valence-electron chi connectivity index (χ2n) is 5.27. The number of nitrogens with one attached hydrogen (secondary N) is 1. The molecule has 0 amide bonds. The fourth-order valence-electron chi connectivity index (χ4n) is 2.45. The molecule has 0 spiro atoms. The summed E-state index contributed by atoms with van der Waals surface area (Å²) >= 11 is 0. The Morgan fingerprint density at radius 1 is 1.32 bits per heavy atom. The lowest BCUT2D eigenvalue weighted by Gasteiger charge is -2.32. The molecular weight excluding hydrogens is 238 g/mol. The minimum atomic E-state index is 0.369. The van der Waals surface area contributed by atoms with Gasteiger partial charge in [0.1, 0.15) is 11.5 Å². The van der Waals surface area contributed by atoms with Crippen LogP contribution in [-0.4, -0.2) is 19.8 Å². The molecule has 1 aromatic rings. The van der Waals surface area contributed by atoms with Gasteiger partial charge in [-0.3, -0.25) is 0 Å². The zero-order valence-electron chi connectivity index (χ0n) is 12.2. The SMILES string of the molecule is CCCNC1c2cc(OCCC)ccc2OCC1C. The Bertz CT molecular complexity index is 406. The van der Waals surface area contributed by atoms with Crippen LogP contribution in [0.4, 0.5) is 0 Å². The molecule has 0 aliphatic carbocycles. The molecule has 0 fully saturated rings. The molecule has 0 saturated heterocycles. The fraction of sp³-hybridized carbons (Fsp3) is 0.625. The zero-order chi connectivity index (χ0) is 13.7. The van der Waals surface area contributed by atoms with Gasteiger partial charge in [0.15, 0.2) is 0 Å². The molecule has 1 N–H and O–H groups in total. The molecule has 2 unspecified atom stereocenters. The number of rotatable bonds is 6. The molecule has 0 bridgehead atoms. The van der Waals surface area contributed by atoms with Gasteiger partial charge in [0, 0.05) is 17.5 Å². The third-order valence-corrected chi connectivity index (χ3v) is 3.47. The van der Waals surface area contributed by atoms with Crippen LogP contribution in [0.2, 0.25) is 0 Å². The second-order valence-corrected chi connectivity index (χ2v) is 5.27. The smallest absolute Gasteiger partial charge is 0.124 e. The van der Waals surface area contributed by atoms with Crippen molar-refractivity contribution in [1.82, 2.24) is 5.32 Å². The van der Waals surface area contributed by atoms with Gasteiger partial charge in [-0.15, -0.1) is 0 Å². The Kier molecular flexibility index (Phi) is 5.08. The lowest BCUT2D eigenvalue weighted by molar-refractivity contribution is 0.188. The van der Waals surface area contributed by atoms with E-state index in [1.54, 1.807) is 0 Å². The van der Waals surface area contributed by atoms with E-state index in [4.69, 9.17) is 9.47 Å². The van der Waals surface area contributed by atoms with E-state index in [0.29, 0.717) is 12.0 Å². The summed E-state index contributed by atoms with van der Waals surface area (Å²) < 4.78 is 11.5. The van der Waals surface area contributed by atoms with Crippen molar-refractivity contribution in [3.63, 3.8) is 0 Å². The minimum Gasteiger partial charge on any atom is -0.494 e. The van der Waals surface area contributed by atoms with Crippen molar-refractivity contribution in [3.8, 4) is 11.5 Å². The first kappa shape index (κ1) is 14.2. The molecule has 0 radical (unpaired) electrons. The topological polar surface area (TPSA) is 30.5 Å². The molecule has 1 aliphatic rings. The minimum absolute atomic E-state index is 0.369.